The maximum absolute atomic E-state index is 8.33. The van der Waals surface area contributed by atoms with E-state index in [9.17, 15) is 0 Å². The fourth-order valence-electron chi connectivity index (χ4n) is 0. The van der Waals surface area contributed by atoms with E-state index in [2.05, 4.69) is 0 Å². The van der Waals surface area contributed by atoms with Gasteiger partial charge in [0.15, 0.2) is 0 Å². The van der Waals surface area contributed by atoms with Crippen molar-refractivity contribution in [3.63, 3.8) is 0 Å². The molecule has 28 valence electrons. The zero-order valence-corrected chi connectivity index (χ0v) is 8.40. The second kappa shape index (κ2) is 22.6. The van der Waals surface area contributed by atoms with Crippen molar-refractivity contribution in [2.75, 3.05) is 0 Å². The third kappa shape index (κ3) is 9.38. The van der Waals surface area contributed by atoms with Crippen molar-refractivity contribution in [3.8, 4) is 0 Å². The molecule has 0 atom stereocenters. The second-order valence-electron chi connectivity index (χ2n) is 0. The van der Waals surface area contributed by atoms with Crippen molar-refractivity contribution in [3.05, 3.63) is 0 Å². The van der Waals surface area contributed by atoms with E-state index < -0.39 is 0 Å². The van der Waals surface area contributed by atoms with Crippen molar-refractivity contribution in [1.29, 1.82) is 0 Å². The predicted octanol–water partition coefficient (Wildman–Crippen LogP) is -0.126. The van der Waals surface area contributed by atoms with Gasteiger partial charge < -0.3 is 0 Å². The van der Waals surface area contributed by atoms with Crippen LogP contribution < -0.4 is 0 Å². The molecule has 4 heavy (non-hydrogen) atoms. The molecule has 0 saturated heterocycles. The van der Waals surface area contributed by atoms with Crippen molar-refractivity contribution in [2.24, 2.45) is 0 Å². The van der Waals surface area contributed by atoms with Crippen LogP contribution in [0.4, 0.5) is 0 Å². The Kier molecular flexibility index (Phi) is 97.8. The number of rotatable bonds is 0. The Morgan fingerprint density at radius 3 is 1.25 bits per heavy atom. The average molecular weight is 442 g/mol. The van der Waals surface area contributed by atoms with Crippen molar-refractivity contribution >= 4 is 0 Å². The minimum atomic E-state index is 0. The van der Waals surface area contributed by atoms with Gasteiger partial charge in [0.1, 0.15) is 0 Å². The minimum Gasteiger partial charge on any atom is 0 e. The first kappa shape index (κ1) is 17.3. The number of hydrogen-bond acceptors (Lipinski definition) is 1. The molecule has 0 aliphatic carbocycles. The zero-order chi connectivity index (χ0) is 2.00. The summed E-state index contributed by atoms with van der Waals surface area (Å²) in [7, 11) is 0. The SMILES string of the molecule is [Ni].[O]=[W].[W]. The molecular weight excluding hydrogens is 442 g/mol. The molecule has 0 saturated carbocycles. The molecule has 0 aliphatic heterocycles. The summed E-state index contributed by atoms with van der Waals surface area (Å²) in [5.74, 6) is 0. The van der Waals surface area contributed by atoms with Gasteiger partial charge in [-0.05, 0) is 0 Å². The summed E-state index contributed by atoms with van der Waals surface area (Å²) in [5.41, 5.74) is 0. The zero-order valence-electron chi connectivity index (χ0n) is 1.54. The van der Waals surface area contributed by atoms with E-state index in [4.69, 9.17) is 3.40 Å². The topological polar surface area (TPSA) is 17.1 Å². The maximum Gasteiger partial charge on any atom is 0 e. The summed E-state index contributed by atoms with van der Waals surface area (Å²) in [6.45, 7) is 0. The van der Waals surface area contributed by atoms with E-state index in [1.165, 1.54) is 0 Å². The minimum absolute atomic E-state index is 0. The summed E-state index contributed by atoms with van der Waals surface area (Å²) in [6, 6.07) is 0. The molecule has 0 N–H and O–H groups in total. The van der Waals surface area contributed by atoms with Crippen LogP contribution in [0.25, 0.3) is 0 Å². The Labute approximate surface area is 60.3 Å². The summed E-state index contributed by atoms with van der Waals surface area (Å²) >= 11 is 0.333. The molecule has 0 aliphatic rings. The molecule has 0 heterocycles. The fraction of sp³-hybridized carbons (Fsp3) is 0. The molecule has 0 spiro atoms. The summed E-state index contributed by atoms with van der Waals surface area (Å²) < 4.78 is 8.33. The van der Waals surface area contributed by atoms with Crippen LogP contribution in [0.15, 0.2) is 0 Å². The molecule has 0 aromatic carbocycles. The Balaban J connectivity index is -0.00000000500. The Morgan fingerprint density at radius 1 is 1.25 bits per heavy atom. The molecule has 0 aromatic heterocycles. The predicted molar refractivity (Wildman–Crippen MR) is 0.686 cm³/mol. The van der Waals surface area contributed by atoms with Crippen LogP contribution >= 0.6 is 0 Å². The normalized spacial score (nSPS) is 1.00. The van der Waals surface area contributed by atoms with E-state index in [0.717, 1.165) is 0 Å². The third-order valence-corrected chi connectivity index (χ3v) is 0. The van der Waals surface area contributed by atoms with Crippen LogP contribution in [0.3, 0.4) is 0 Å². The summed E-state index contributed by atoms with van der Waals surface area (Å²) in [5, 5.41) is 0. The van der Waals surface area contributed by atoms with Gasteiger partial charge >= 0.3 is 23.2 Å². The number of hydrogen-bond donors (Lipinski definition) is 0. The second-order valence-corrected chi connectivity index (χ2v) is 0. The van der Waals surface area contributed by atoms with E-state index >= 15 is 0 Å². The van der Waals surface area contributed by atoms with Crippen molar-refractivity contribution < 1.29 is 60.7 Å². The molecule has 0 bridgehead atoms. The van der Waals surface area contributed by atoms with Crippen LogP contribution in [-0.4, -0.2) is 0 Å². The molecular formula is NiOW2. The Morgan fingerprint density at radius 2 is 1.25 bits per heavy atom. The van der Waals surface area contributed by atoms with Gasteiger partial charge in [0.2, 0.25) is 0 Å². The van der Waals surface area contributed by atoms with Crippen LogP contribution in [0.2, 0.25) is 0 Å². The van der Waals surface area contributed by atoms with E-state index in [1.807, 2.05) is 0 Å². The fourth-order valence-corrected chi connectivity index (χ4v) is 0. The smallest absolute Gasteiger partial charge is 0 e. The summed E-state index contributed by atoms with van der Waals surface area (Å²) in [6.07, 6.45) is 0. The first-order valence-electron chi connectivity index (χ1n) is 0.167. The van der Waals surface area contributed by atoms with Gasteiger partial charge in [-0.3, -0.25) is 0 Å². The van der Waals surface area contributed by atoms with Crippen LogP contribution in [-0.2, 0) is 60.7 Å². The van der Waals surface area contributed by atoms with Gasteiger partial charge in [0, 0.05) is 37.6 Å². The van der Waals surface area contributed by atoms with E-state index in [-0.39, 0.29) is 37.6 Å². The van der Waals surface area contributed by atoms with Gasteiger partial charge in [0.05, 0.1) is 0 Å². The first-order chi connectivity index (χ1) is 1.00. The van der Waals surface area contributed by atoms with Crippen LogP contribution in [0.5, 0.6) is 0 Å². The molecule has 4 heteroatoms. The molecule has 0 rings (SSSR count). The maximum atomic E-state index is 8.33. The van der Waals surface area contributed by atoms with Gasteiger partial charge in [-0.1, -0.05) is 0 Å². The van der Waals surface area contributed by atoms with Gasteiger partial charge in [-0.2, -0.15) is 0 Å². The third-order valence-electron chi connectivity index (χ3n) is 0. The van der Waals surface area contributed by atoms with Crippen LogP contribution in [0, 0.1) is 0 Å². The van der Waals surface area contributed by atoms with Gasteiger partial charge in [-0.25, -0.2) is 0 Å². The molecule has 0 amide bonds. The molecule has 0 unspecified atom stereocenters. The monoisotopic (exact) mass is 442 g/mol. The Hall–Kier alpha value is 1.67. The quantitative estimate of drug-likeness (QED) is 0.478. The first-order valence-corrected chi connectivity index (χ1v) is 1.36. The summed E-state index contributed by atoms with van der Waals surface area (Å²) in [4.78, 5) is 0. The van der Waals surface area contributed by atoms with Gasteiger partial charge in [-0.15, -0.1) is 0 Å². The molecule has 0 aromatic rings. The molecule has 1 nitrogen and oxygen atoms in total. The Bertz CT molecular complexity index is 6.00. The average Bonchev–Trinajstić information content (AvgIpc) is 1.00. The largest absolute Gasteiger partial charge is 0 e. The standard InChI is InChI=1S/Ni.O.2W. The van der Waals surface area contributed by atoms with Crippen LogP contribution in [0.1, 0.15) is 0 Å². The van der Waals surface area contributed by atoms with E-state index in [1.54, 1.807) is 0 Å². The van der Waals surface area contributed by atoms with E-state index in [0.29, 0.717) is 19.8 Å². The molecule has 0 radical (unpaired) electrons. The van der Waals surface area contributed by atoms with Crippen molar-refractivity contribution in [2.45, 2.75) is 0 Å². The molecule has 0 fully saturated rings. The van der Waals surface area contributed by atoms with Crippen molar-refractivity contribution in [1.82, 2.24) is 0 Å². The van der Waals surface area contributed by atoms with Gasteiger partial charge in [0.25, 0.3) is 0 Å².